The predicted octanol–water partition coefficient (Wildman–Crippen LogP) is 10.8. The number of ether oxygens (including phenoxy) is 2. The van der Waals surface area contributed by atoms with Gasteiger partial charge in [0.2, 0.25) is 0 Å². The van der Waals surface area contributed by atoms with E-state index in [1.807, 2.05) is 0 Å². The van der Waals surface area contributed by atoms with Gasteiger partial charge in [-0.1, -0.05) is 185 Å². The molecule has 390 valence electrons. The highest BCUT2D eigenvalue weighted by Crippen LogP contribution is 2.49. The lowest BCUT2D eigenvalue weighted by molar-refractivity contribution is -0.216. The lowest BCUT2D eigenvalue weighted by Crippen LogP contribution is -2.64. The highest BCUT2D eigenvalue weighted by Gasteiger charge is 2.54. The van der Waals surface area contributed by atoms with Gasteiger partial charge in [0.15, 0.2) is 0 Å². The molecule has 0 bridgehead atoms. The monoisotopic (exact) mass is 975 g/mol. The van der Waals surface area contributed by atoms with Crippen molar-refractivity contribution in [1.29, 1.82) is 0 Å². The van der Waals surface area contributed by atoms with Crippen molar-refractivity contribution >= 4 is 15.6 Å². The molecule has 0 radical (unpaired) electrons. The van der Waals surface area contributed by atoms with Gasteiger partial charge < -0.3 is 44.6 Å². The van der Waals surface area contributed by atoms with Crippen LogP contribution in [0.3, 0.4) is 0 Å². The number of aliphatic hydroxyl groups is 4. The van der Waals surface area contributed by atoms with Crippen molar-refractivity contribution in [3.05, 3.63) is 0 Å². The Morgan fingerprint density at radius 1 is 0.415 bits per heavy atom. The molecular weight excluding hydrogens is 874 g/mol. The van der Waals surface area contributed by atoms with E-state index in [9.17, 15) is 44.2 Å². The van der Waals surface area contributed by atoms with Gasteiger partial charge in [-0.25, -0.2) is 9.13 Å². The molecule has 0 aliphatic heterocycles. The summed E-state index contributed by atoms with van der Waals surface area (Å²) < 4.78 is 51.5. The van der Waals surface area contributed by atoms with Crippen LogP contribution in [-0.2, 0) is 32.2 Å². The Balaban J connectivity index is 2.67. The fraction of sp³-hybridized carbons (Fsp3) is 1.00. The maximum Gasteiger partial charge on any atom is 0.472 e. The van der Waals surface area contributed by atoms with E-state index in [1.165, 1.54) is 96.3 Å². The summed E-state index contributed by atoms with van der Waals surface area (Å²) in [5.41, 5.74) is 0. The second-order valence-corrected chi connectivity index (χ2v) is 24.1. The first-order valence-corrected chi connectivity index (χ1v) is 28.7. The zero-order chi connectivity index (χ0) is 49.2. The summed E-state index contributed by atoms with van der Waals surface area (Å²) in [6, 6.07) is 0. The van der Waals surface area contributed by atoms with Crippen LogP contribution in [0.4, 0.5) is 0 Å². The van der Waals surface area contributed by atoms with E-state index in [0.717, 1.165) is 55.8 Å². The lowest BCUT2D eigenvalue weighted by atomic mass is 9.85. The zero-order valence-electron chi connectivity index (χ0n) is 42.5. The van der Waals surface area contributed by atoms with Crippen molar-refractivity contribution < 1.29 is 67.3 Å². The maximum atomic E-state index is 13.1. The van der Waals surface area contributed by atoms with Gasteiger partial charge in [0.25, 0.3) is 0 Å². The number of rotatable bonds is 40. The van der Waals surface area contributed by atoms with E-state index < -0.39 is 65.0 Å². The quantitative estimate of drug-likeness (QED) is 0.0224. The van der Waals surface area contributed by atoms with Crippen LogP contribution in [0.15, 0.2) is 0 Å². The summed E-state index contributed by atoms with van der Waals surface area (Å²) in [6.07, 6.45) is 10.4. The third-order valence-corrected chi connectivity index (χ3v) is 15.0. The Labute approximate surface area is 395 Å². The summed E-state index contributed by atoms with van der Waals surface area (Å²) in [5, 5.41) is 41.6. The molecule has 1 aliphatic carbocycles. The average molecular weight is 975 g/mol. The van der Waals surface area contributed by atoms with Crippen molar-refractivity contribution in [2.24, 2.45) is 47.3 Å². The second kappa shape index (κ2) is 34.3. The summed E-state index contributed by atoms with van der Waals surface area (Å²) in [7, 11) is -10.4. The molecule has 0 saturated heterocycles. The van der Waals surface area contributed by atoms with Crippen LogP contribution in [0.2, 0.25) is 0 Å². The third kappa shape index (κ3) is 31.0. The molecule has 1 fully saturated rings. The zero-order valence-corrected chi connectivity index (χ0v) is 44.3. The van der Waals surface area contributed by atoms with E-state index in [-0.39, 0.29) is 6.61 Å². The molecule has 3 unspecified atom stereocenters. The summed E-state index contributed by atoms with van der Waals surface area (Å²) in [6.45, 7) is 23.5. The van der Waals surface area contributed by atoms with Crippen molar-refractivity contribution in [2.45, 2.75) is 240 Å². The SMILES string of the molecule is CC(C)CCC[C@@H](C)CCC[C@@H](C)CCC[C@@H](C)CCOC[C@@H](COP(=O)(O)O[C@@H]1C(O)[C@H](OP(=O)(O)O)[C@@H](O)C(O)[C@H]1O)OCC[C@H](C)CCC[C@H](C)CCC[C@H](C)CCCC(C)C. The third-order valence-electron chi connectivity index (χ3n) is 13.5. The Morgan fingerprint density at radius 3 is 1.12 bits per heavy atom. The van der Waals surface area contributed by atoms with Gasteiger partial charge in [-0.15, -0.1) is 0 Å². The van der Waals surface area contributed by atoms with Gasteiger partial charge in [0.1, 0.15) is 42.7 Å². The van der Waals surface area contributed by atoms with E-state index >= 15 is 0 Å². The number of hydrogen-bond donors (Lipinski definition) is 7. The number of hydrogen-bond acceptors (Lipinski definition) is 11. The largest absolute Gasteiger partial charge is 0.472 e. The normalized spacial score (nSPS) is 25.0. The van der Waals surface area contributed by atoms with Crippen molar-refractivity contribution in [1.82, 2.24) is 0 Å². The molecule has 1 saturated carbocycles. The number of phosphoric ester groups is 2. The van der Waals surface area contributed by atoms with Crippen LogP contribution >= 0.6 is 15.6 Å². The van der Waals surface area contributed by atoms with Gasteiger partial charge in [-0.3, -0.25) is 13.6 Å². The molecule has 1 rings (SSSR count). The molecule has 1 aliphatic rings. The fourth-order valence-electron chi connectivity index (χ4n) is 8.90. The standard InChI is InChI=1S/C49H100O14P2/c1-35(2)17-11-19-37(5)21-13-23-39(7)25-15-27-41(9)29-31-59-33-43(60-32-30-42(10)28-16-26-40(8)24-14-22-38(6)20-12-18-36(3)4)34-61-65(57,58)63-49-46(52)44(50)45(51)48(47(49)53)62-64(54,55)56/h35-53H,11-34H2,1-10H3,(H,57,58)(H2,54,55,56)/t37-,38-,39-,40-,41-,42-,43+,44?,45+,46-,47?,48-,49+/m1/s1. The highest BCUT2D eigenvalue weighted by atomic mass is 31.2. The Kier molecular flexibility index (Phi) is 33.3. The topological polar surface area (TPSA) is 222 Å². The summed E-state index contributed by atoms with van der Waals surface area (Å²) in [4.78, 5) is 29.1. The van der Waals surface area contributed by atoms with Gasteiger partial charge in [-0.05, 0) is 60.2 Å². The van der Waals surface area contributed by atoms with E-state index in [4.69, 9.17) is 18.5 Å². The highest BCUT2D eigenvalue weighted by molar-refractivity contribution is 7.47. The second-order valence-electron chi connectivity index (χ2n) is 21.5. The predicted molar refractivity (Wildman–Crippen MR) is 259 cm³/mol. The molecule has 14 nitrogen and oxygen atoms in total. The molecule has 0 heterocycles. The van der Waals surface area contributed by atoms with Crippen LogP contribution in [0, 0.1) is 47.3 Å². The molecule has 0 aromatic carbocycles. The van der Waals surface area contributed by atoms with E-state index in [1.54, 1.807) is 0 Å². The van der Waals surface area contributed by atoms with Gasteiger partial charge in [-0.2, -0.15) is 0 Å². The van der Waals surface area contributed by atoms with E-state index in [0.29, 0.717) is 36.9 Å². The van der Waals surface area contributed by atoms with Crippen LogP contribution in [-0.4, -0.2) is 104 Å². The first-order chi connectivity index (χ1) is 30.4. The van der Waals surface area contributed by atoms with Crippen molar-refractivity contribution in [3.63, 3.8) is 0 Å². The van der Waals surface area contributed by atoms with E-state index in [2.05, 4.69) is 73.8 Å². The number of aliphatic hydroxyl groups excluding tert-OH is 4. The summed E-state index contributed by atoms with van der Waals surface area (Å²) in [5.74, 6) is 5.39. The first-order valence-electron chi connectivity index (χ1n) is 25.7. The molecule has 0 amide bonds. The Bertz CT molecular complexity index is 1270. The van der Waals surface area contributed by atoms with Gasteiger partial charge in [0.05, 0.1) is 13.2 Å². The molecule has 0 spiro atoms. The Hall–Kier alpha value is -0.0200. The number of phosphoric acid groups is 2. The lowest BCUT2D eigenvalue weighted by Gasteiger charge is -2.43. The van der Waals surface area contributed by atoms with Gasteiger partial charge >= 0.3 is 15.6 Å². The molecule has 14 atom stereocenters. The molecule has 65 heavy (non-hydrogen) atoms. The molecular formula is C49H100O14P2. The minimum atomic E-state index is -5.30. The van der Waals surface area contributed by atoms with Crippen LogP contribution < -0.4 is 0 Å². The van der Waals surface area contributed by atoms with Crippen molar-refractivity contribution in [3.8, 4) is 0 Å². The molecule has 0 aromatic rings. The van der Waals surface area contributed by atoms with Crippen LogP contribution in [0.25, 0.3) is 0 Å². The summed E-state index contributed by atoms with van der Waals surface area (Å²) >= 11 is 0. The molecule has 0 aromatic heterocycles. The molecule has 7 N–H and O–H groups in total. The minimum Gasteiger partial charge on any atom is -0.387 e. The van der Waals surface area contributed by atoms with Crippen molar-refractivity contribution in [2.75, 3.05) is 26.4 Å². The minimum absolute atomic E-state index is 0.0691. The average Bonchev–Trinajstić information content (AvgIpc) is 3.20. The maximum absolute atomic E-state index is 13.1. The van der Waals surface area contributed by atoms with Gasteiger partial charge in [0, 0.05) is 13.2 Å². The first kappa shape index (κ1) is 63.0. The molecule has 16 heteroatoms. The van der Waals surface area contributed by atoms with Crippen LogP contribution in [0.5, 0.6) is 0 Å². The van der Waals surface area contributed by atoms with Crippen LogP contribution in [0.1, 0.15) is 198 Å². The Morgan fingerprint density at radius 2 is 0.754 bits per heavy atom. The fourth-order valence-corrected chi connectivity index (χ4v) is 10.4. The smallest absolute Gasteiger partial charge is 0.387 e.